The van der Waals surface area contributed by atoms with Gasteiger partial charge in [0.05, 0.1) is 11.3 Å². The third-order valence-corrected chi connectivity index (χ3v) is 4.41. The first-order valence-electron chi connectivity index (χ1n) is 6.21. The van der Waals surface area contributed by atoms with Crippen molar-refractivity contribution in [2.75, 3.05) is 11.1 Å². The first-order chi connectivity index (χ1) is 10.1. The van der Waals surface area contributed by atoms with Crippen molar-refractivity contribution < 1.29 is 9.18 Å². The van der Waals surface area contributed by atoms with Crippen LogP contribution in [0.25, 0.3) is 0 Å². The number of thioether (sulfide) groups is 1. The zero-order valence-electron chi connectivity index (χ0n) is 11.1. The first kappa shape index (κ1) is 15.8. The Morgan fingerprint density at radius 1 is 1.29 bits per heavy atom. The zero-order valence-corrected chi connectivity index (χ0v) is 13.5. The molecular weight excluding hydrogens is 353 g/mol. The van der Waals surface area contributed by atoms with Crippen LogP contribution < -0.4 is 5.32 Å². The smallest absolute Gasteiger partial charge is 0.259 e. The highest BCUT2D eigenvalue weighted by atomic mass is 79.9. The summed E-state index contributed by atoms with van der Waals surface area (Å²) in [4.78, 5) is 13.2. The van der Waals surface area contributed by atoms with E-state index in [0.29, 0.717) is 10.2 Å². The van der Waals surface area contributed by atoms with Gasteiger partial charge in [0.15, 0.2) is 0 Å². The van der Waals surface area contributed by atoms with E-state index in [1.54, 1.807) is 36.0 Å². The number of anilines is 1. The summed E-state index contributed by atoms with van der Waals surface area (Å²) in [5.41, 5.74) is 0.658. The van der Waals surface area contributed by atoms with Gasteiger partial charge in [-0.15, -0.1) is 18.3 Å². The molecule has 0 bridgehead atoms. The average molecular weight is 366 g/mol. The number of para-hydroxylation sites is 1. The van der Waals surface area contributed by atoms with Gasteiger partial charge in [-0.3, -0.25) is 4.79 Å². The van der Waals surface area contributed by atoms with Crippen LogP contribution in [0.3, 0.4) is 0 Å². The van der Waals surface area contributed by atoms with Gasteiger partial charge in [0.2, 0.25) is 0 Å². The van der Waals surface area contributed by atoms with Gasteiger partial charge in [-0.25, -0.2) is 4.39 Å². The van der Waals surface area contributed by atoms with Crippen LogP contribution in [0.1, 0.15) is 10.4 Å². The normalized spacial score (nSPS) is 10.2. The Bertz CT molecular complexity index is 655. The molecule has 108 valence electrons. The number of halogens is 2. The first-order valence-corrected chi connectivity index (χ1v) is 7.99. The molecule has 0 unspecified atom stereocenters. The summed E-state index contributed by atoms with van der Waals surface area (Å²) in [6.45, 7) is 3.67. The second kappa shape index (κ2) is 7.43. The number of hydrogen-bond acceptors (Lipinski definition) is 2. The molecule has 0 spiro atoms. The molecule has 5 heteroatoms. The lowest BCUT2D eigenvalue weighted by Gasteiger charge is -2.11. The number of rotatable bonds is 5. The molecule has 0 aliphatic rings. The third kappa shape index (κ3) is 3.95. The molecule has 0 saturated carbocycles. The number of carbonyl (C=O) groups excluding carboxylic acids is 1. The van der Waals surface area contributed by atoms with E-state index in [0.717, 1.165) is 10.6 Å². The van der Waals surface area contributed by atoms with E-state index < -0.39 is 11.7 Å². The van der Waals surface area contributed by atoms with Crippen LogP contribution in [0.2, 0.25) is 0 Å². The third-order valence-electron chi connectivity index (χ3n) is 2.68. The quantitative estimate of drug-likeness (QED) is 0.588. The SMILES string of the molecule is C=CCSc1ccccc1NC(=O)c1c(F)cccc1Br. The Balaban J connectivity index is 2.26. The van der Waals surface area contributed by atoms with E-state index >= 15 is 0 Å². The second-order valence-corrected chi connectivity index (χ2v) is 6.06. The van der Waals surface area contributed by atoms with Gasteiger partial charge >= 0.3 is 0 Å². The molecule has 0 saturated heterocycles. The van der Waals surface area contributed by atoms with E-state index in [1.807, 2.05) is 18.2 Å². The van der Waals surface area contributed by atoms with Crippen molar-refractivity contribution in [1.82, 2.24) is 0 Å². The highest BCUT2D eigenvalue weighted by molar-refractivity contribution is 9.10. The standard InChI is InChI=1S/C16H13BrFNOS/c1-2-10-21-14-9-4-3-8-13(14)19-16(20)15-11(17)6-5-7-12(15)18/h2-9H,1,10H2,(H,19,20). The predicted molar refractivity (Wildman–Crippen MR) is 89.4 cm³/mol. The second-order valence-electron chi connectivity index (χ2n) is 4.15. The van der Waals surface area contributed by atoms with Crippen LogP contribution in [0.5, 0.6) is 0 Å². The van der Waals surface area contributed by atoms with E-state index in [9.17, 15) is 9.18 Å². The minimum Gasteiger partial charge on any atom is -0.321 e. The Morgan fingerprint density at radius 3 is 2.76 bits per heavy atom. The summed E-state index contributed by atoms with van der Waals surface area (Å²) in [5, 5.41) is 2.75. The topological polar surface area (TPSA) is 29.1 Å². The van der Waals surface area contributed by atoms with Crippen molar-refractivity contribution in [1.29, 1.82) is 0 Å². The van der Waals surface area contributed by atoms with Crippen molar-refractivity contribution in [3.8, 4) is 0 Å². The molecule has 2 aromatic rings. The number of carbonyl (C=O) groups is 1. The van der Waals surface area contributed by atoms with Crippen LogP contribution in [-0.2, 0) is 0 Å². The van der Waals surface area contributed by atoms with E-state index in [1.165, 1.54) is 6.07 Å². The molecule has 0 atom stereocenters. The van der Waals surface area contributed by atoms with E-state index in [2.05, 4.69) is 27.8 Å². The number of benzene rings is 2. The number of amides is 1. The lowest BCUT2D eigenvalue weighted by atomic mass is 10.2. The highest BCUT2D eigenvalue weighted by Gasteiger charge is 2.16. The lowest BCUT2D eigenvalue weighted by Crippen LogP contribution is -2.15. The summed E-state index contributed by atoms with van der Waals surface area (Å²) < 4.78 is 14.2. The van der Waals surface area contributed by atoms with Crippen molar-refractivity contribution in [3.05, 3.63) is 71.0 Å². The van der Waals surface area contributed by atoms with Crippen molar-refractivity contribution >= 4 is 39.3 Å². The largest absolute Gasteiger partial charge is 0.321 e. The number of nitrogens with one attached hydrogen (secondary N) is 1. The summed E-state index contributed by atoms with van der Waals surface area (Å²) in [7, 11) is 0. The fourth-order valence-corrected chi connectivity index (χ4v) is 3.01. The van der Waals surface area contributed by atoms with Gasteiger partial charge < -0.3 is 5.32 Å². The van der Waals surface area contributed by atoms with Crippen LogP contribution in [0.4, 0.5) is 10.1 Å². The molecule has 0 aliphatic carbocycles. The molecular formula is C16H13BrFNOS. The highest BCUT2D eigenvalue weighted by Crippen LogP contribution is 2.28. The zero-order chi connectivity index (χ0) is 15.2. The van der Waals surface area contributed by atoms with Crippen LogP contribution in [0, 0.1) is 5.82 Å². The average Bonchev–Trinajstić information content (AvgIpc) is 2.46. The summed E-state index contributed by atoms with van der Waals surface area (Å²) in [6.07, 6.45) is 1.79. The minimum absolute atomic E-state index is 0.000948. The van der Waals surface area contributed by atoms with Gasteiger partial charge in [0, 0.05) is 15.1 Å². The molecule has 0 heterocycles. The predicted octanol–water partition coefficient (Wildman–Crippen LogP) is 5.12. The van der Waals surface area contributed by atoms with Crippen LogP contribution >= 0.6 is 27.7 Å². The molecule has 0 radical (unpaired) electrons. The molecule has 1 N–H and O–H groups in total. The maximum atomic E-state index is 13.8. The van der Waals surface area contributed by atoms with Gasteiger partial charge in [-0.1, -0.05) is 24.3 Å². The monoisotopic (exact) mass is 365 g/mol. The fourth-order valence-electron chi connectivity index (χ4n) is 1.74. The van der Waals surface area contributed by atoms with Crippen molar-refractivity contribution in [2.24, 2.45) is 0 Å². The molecule has 0 fully saturated rings. The maximum absolute atomic E-state index is 13.8. The van der Waals surface area contributed by atoms with Gasteiger partial charge in [0.25, 0.3) is 5.91 Å². The molecule has 2 rings (SSSR count). The minimum atomic E-state index is -0.557. The summed E-state index contributed by atoms with van der Waals surface area (Å²) in [5.74, 6) is -0.305. The van der Waals surface area contributed by atoms with Crippen molar-refractivity contribution in [2.45, 2.75) is 4.90 Å². The summed E-state index contributed by atoms with van der Waals surface area (Å²) >= 11 is 4.76. The molecule has 0 aromatic heterocycles. The van der Waals surface area contributed by atoms with Crippen LogP contribution in [0.15, 0.2) is 64.5 Å². The molecule has 0 aliphatic heterocycles. The fraction of sp³-hybridized carbons (Fsp3) is 0.0625. The molecule has 21 heavy (non-hydrogen) atoms. The lowest BCUT2D eigenvalue weighted by molar-refractivity contribution is 0.102. The maximum Gasteiger partial charge on any atom is 0.259 e. The molecule has 2 nitrogen and oxygen atoms in total. The Kier molecular flexibility index (Phi) is 5.59. The Morgan fingerprint density at radius 2 is 2.05 bits per heavy atom. The van der Waals surface area contributed by atoms with E-state index in [4.69, 9.17) is 0 Å². The van der Waals surface area contributed by atoms with Gasteiger partial charge in [-0.05, 0) is 40.2 Å². The van der Waals surface area contributed by atoms with Crippen LogP contribution in [-0.4, -0.2) is 11.7 Å². The molecule has 2 aromatic carbocycles. The summed E-state index contributed by atoms with van der Waals surface area (Å²) in [6, 6.07) is 11.8. The Hall–Kier alpha value is -1.59. The van der Waals surface area contributed by atoms with E-state index in [-0.39, 0.29) is 5.56 Å². The Labute approximate surface area is 135 Å². The van der Waals surface area contributed by atoms with Gasteiger partial charge in [0.1, 0.15) is 5.82 Å². The number of hydrogen-bond donors (Lipinski definition) is 1. The molecule has 1 amide bonds. The van der Waals surface area contributed by atoms with Crippen molar-refractivity contribution in [3.63, 3.8) is 0 Å². The van der Waals surface area contributed by atoms with Gasteiger partial charge in [-0.2, -0.15) is 0 Å².